The van der Waals surface area contributed by atoms with Crippen LogP contribution in [0.5, 0.6) is 0 Å². The van der Waals surface area contributed by atoms with E-state index in [4.69, 9.17) is 0 Å². The number of allylic oxidation sites excluding steroid dienone is 5. The van der Waals surface area contributed by atoms with Crippen LogP contribution >= 0.6 is 0 Å². The molecule has 0 nitrogen and oxygen atoms in total. The van der Waals surface area contributed by atoms with Crippen molar-refractivity contribution < 1.29 is 16.5 Å². The molecule has 0 atom stereocenters. The Bertz CT molecular complexity index is 143. The molecule has 1 rings (SSSR count). The van der Waals surface area contributed by atoms with Gasteiger partial charge in [0.25, 0.3) is 0 Å². The van der Waals surface area contributed by atoms with Gasteiger partial charge in [0.15, 0.2) is 0 Å². The van der Waals surface area contributed by atoms with E-state index in [2.05, 4.69) is 24.8 Å². The summed E-state index contributed by atoms with van der Waals surface area (Å²) in [5.41, 5.74) is 1.28. The van der Waals surface area contributed by atoms with Gasteiger partial charge in [0.2, 0.25) is 0 Å². The number of hydrogen-bond donors (Lipinski definition) is 0. The van der Waals surface area contributed by atoms with Gasteiger partial charge in [-0.1, -0.05) is 6.08 Å². The van der Waals surface area contributed by atoms with Crippen LogP contribution in [0, 0.1) is 6.08 Å². The van der Waals surface area contributed by atoms with Gasteiger partial charge in [0.05, 0.1) is 0 Å². The van der Waals surface area contributed by atoms with Crippen molar-refractivity contribution in [1.82, 2.24) is 0 Å². The van der Waals surface area contributed by atoms with E-state index < -0.39 is 0 Å². The molecule has 1 aliphatic rings. The molecule has 0 N–H and O–H groups in total. The van der Waals surface area contributed by atoms with E-state index in [-0.39, 0.29) is 16.5 Å². The average molecular weight is 164 g/mol. The summed E-state index contributed by atoms with van der Waals surface area (Å²) in [6, 6.07) is 0. The van der Waals surface area contributed by atoms with Crippen molar-refractivity contribution in [3.05, 3.63) is 36.5 Å². The predicted octanol–water partition coefficient (Wildman–Crippen LogP) is 2.25. The van der Waals surface area contributed by atoms with Gasteiger partial charge in [0.1, 0.15) is 0 Å². The van der Waals surface area contributed by atoms with Gasteiger partial charge in [-0.05, 0) is 6.42 Å². The molecule has 0 amide bonds. The normalized spacial score (nSPS) is 14.4. The van der Waals surface area contributed by atoms with Gasteiger partial charge in [-0.15, -0.1) is 13.0 Å². The summed E-state index contributed by atoms with van der Waals surface area (Å²) in [7, 11) is 0. The van der Waals surface area contributed by atoms with Crippen LogP contribution in [-0.2, 0) is 16.5 Å². The van der Waals surface area contributed by atoms with Crippen LogP contribution in [0.4, 0.5) is 0 Å². The molecule has 0 radical (unpaired) electrons. The smallest absolute Gasteiger partial charge is 0 e. The summed E-state index contributed by atoms with van der Waals surface area (Å²) < 4.78 is 0. The maximum atomic E-state index is 3.63. The fourth-order valence-corrected chi connectivity index (χ4v) is 0.746. The minimum Gasteiger partial charge on any atom is -0.269 e. The maximum absolute atomic E-state index is 3.63. The first-order valence-corrected chi connectivity index (χ1v) is 2.80. The van der Waals surface area contributed by atoms with Gasteiger partial charge in [-0.3, -0.25) is 6.08 Å². The summed E-state index contributed by atoms with van der Waals surface area (Å²) >= 11 is 0. The van der Waals surface area contributed by atoms with Gasteiger partial charge in [-0.2, -0.15) is 6.08 Å². The molecular weight excluding hydrogens is 155 g/mol. The molecule has 1 aliphatic carbocycles. The maximum Gasteiger partial charge on any atom is 0 e. The second-order valence-corrected chi connectivity index (χ2v) is 1.80. The van der Waals surface area contributed by atoms with Gasteiger partial charge in [-0.25, -0.2) is 11.6 Å². The van der Waals surface area contributed by atoms with Crippen molar-refractivity contribution in [2.75, 3.05) is 0 Å². The zero-order valence-corrected chi connectivity index (χ0v) is 6.16. The van der Waals surface area contributed by atoms with Gasteiger partial charge < -0.3 is 0 Å². The second-order valence-electron chi connectivity index (χ2n) is 1.80. The van der Waals surface area contributed by atoms with E-state index in [9.17, 15) is 0 Å². The third-order valence-electron chi connectivity index (χ3n) is 1.13. The summed E-state index contributed by atoms with van der Waals surface area (Å²) in [4.78, 5) is 0. The monoisotopic (exact) mass is 163 g/mol. The minimum absolute atomic E-state index is 0. The zero-order chi connectivity index (χ0) is 5.82. The fourth-order valence-electron chi connectivity index (χ4n) is 0.746. The molecule has 0 unspecified atom stereocenters. The van der Waals surface area contributed by atoms with E-state index in [1.165, 1.54) is 5.57 Å². The van der Waals surface area contributed by atoms with Crippen LogP contribution in [0.3, 0.4) is 0 Å². The van der Waals surface area contributed by atoms with Crippen LogP contribution in [0.25, 0.3) is 0 Å². The first-order chi connectivity index (χ1) is 3.93. The first kappa shape index (κ1) is 8.71. The van der Waals surface area contributed by atoms with E-state index in [1.54, 1.807) is 0 Å². The molecular formula is C8H9Ni-. The minimum atomic E-state index is 0. The number of hydrogen-bond acceptors (Lipinski definition) is 0. The SMILES string of the molecule is C=CCC1=[C-]CC=C1.[Ni]. The van der Waals surface area contributed by atoms with E-state index in [1.807, 2.05) is 6.08 Å². The Balaban J connectivity index is 0.000000640. The second kappa shape index (κ2) is 4.58. The Morgan fingerprint density at radius 3 is 3.00 bits per heavy atom. The van der Waals surface area contributed by atoms with Crippen LogP contribution in [-0.4, -0.2) is 0 Å². The number of rotatable bonds is 2. The Morgan fingerprint density at radius 2 is 2.56 bits per heavy atom. The molecule has 9 heavy (non-hydrogen) atoms. The van der Waals surface area contributed by atoms with E-state index >= 15 is 0 Å². The summed E-state index contributed by atoms with van der Waals surface area (Å²) in [6.07, 6.45) is 11.3. The van der Waals surface area contributed by atoms with Crippen molar-refractivity contribution in [2.24, 2.45) is 0 Å². The van der Waals surface area contributed by atoms with E-state index in [0.717, 1.165) is 12.8 Å². The average Bonchev–Trinajstić information content (AvgIpc) is 2.19. The topological polar surface area (TPSA) is 0 Å². The Labute approximate surface area is 66.3 Å². The van der Waals surface area contributed by atoms with Crippen molar-refractivity contribution >= 4 is 0 Å². The zero-order valence-electron chi connectivity index (χ0n) is 5.17. The van der Waals surface area contributed by atoms with Gasteiger partial charge in [0, 0.05) is 16.5 Å². The first-order valence-electron chi connectivity index (χ1n) is 2.80. The molecule has 0 aliphatic heterocycles. The molecule has 0 aromatic rings. The third kappa shape index (κ3) is 2.67. The molecule has 1 heteroatoms. The quantitative estimate of drug-likeness (QED) is 0.333. The van der Waals surface area contributed by atoms with E-state index in [0.29, 0.717) is 0 Å². The molecule has 52 valence electrons. The molecule has 0 saturated carbocycles. The predicted molar refractivity (Wildman–Crippen MR) is 35.3 cm³/mol. The standard InChI is InChI=1S/C8H9.Ni/c1-2-5-8-6-3-4-7-8;/h2-3,6H,1,4-5H2;/q-1;. The molecule has 0 heterocycles. The fraction of sp³-hybridized carbons (Fsp3) is 0.250. The molecule has 0 spiro atoms. The van der Waals surface area contributed by atoms with Crippen molar-refractivity contribution in [2.45, 2.75) is 12.8 Å². The largest absolute Gasteiger partial charge is 0.269 e. The summed E-state index contributed by atoms with van der Waals surface area (Å²) in [5.74, 6) is 0. The Morgan fingerprint density at radius 1 is 1.78 bits per heavy atom. The Hall–Kier alpha value is -0.286. The molecule has 0 aromatic carbocycles. The van der Waals surface area contributed by atoms with Crippen molar-refractivity contribution in [3.8, 4) is 0 Å². The molecule has 0 bridgehead atoms. The molecule has 0 fully saturated rings. The van der Waals surface area contributed by atoms with Crippen molar-refractivity contribution in [1.29, 1.82) is 0 Å². The van der Waals surface area contributed by atoms with Gasteiger partial charge >= 0.3 is 0 Å². The van der Waals surface area contributed by atoms with Crippen LogP contribution in [0.15, 0.2) is 30.4 Å². The van der Waals surface area contributed by atoms with Crippen LogP contribution in [0.2, 0.25) is 0 Å². The summed E-state index contributed by atoms with van der Waals surface area (Å²) in [6.45, 7) is 3.63. The van der Waals surface area contributed by atoms with Crippen molar-refractivity contribution in [3.63, 3.8) is 0 Å². The molecule has 0 aromatic heterocycles. The van der Waals surface area contributed by atoms with Crippen LogP contribution in [0.1, 0.15) is 12.8 Å². The molecule has 0 saturated heterocycles. The third-order valence-corrected chi connectivity index (χ3v) is 1.13. The van der Waals surface area contributed by atoms with Crippen LogP contribution < -0.4 is 0 Å². The summed E-state index contributed by atoms with van der Waals surface area (Å²) in [5, 5.41) is 0. The Kier molecular flexibility index (Phi) is 4.43.